The lowest BCUT2D eigenvalue weighted by Crippen LogP contribution is -2.29. The summed E-state index contributed by atoms with van der Waals surface area (Å²) in [4.78, 5) is 2.04. The molecule has 0 aliphatic heterocycles. The average Bonchev–Trinajstić information content (AvgIpc) is 2.43. The van der Waals surface area contributed by atoms with Crippen molar-refractivity contribution in [1.29, 1.82) is 0 Å². The molecule has 20 heavy (non-hydrogen) atoms. The highest BCUT2D eigenvalue weighted by Crippen LogP contribution is 2.31. The van der Waals surface area contributed by atoms with E-state index in [4.69, 9.17) is 19.9 Å². The van der Waals surface area contributed by atoms with E-state index in [1.165, 1.54) is 13.2 Å². The van der Waals surface area contributed by atoms with Crippen LogP contribution in [0.4, 0.5) is 15.8 Å². The predicted molar refractivity (Wildman–Crippen MR) is 77.9 cm³/mol. The molecule has 0 unspecified atom stereocenters. The van der Waals surface area contributed by atoms with Gasteiger partial charge in [-0.3, -0.25) is 0 Å². The lowest BCUT2D eigenvalue weighted by molar-refractivity contribution is 0.191. The maximum atomic E-state index is 13.6. The first-order valence-electron chi connectivity index (χ1n) is 6.49. The molecule has 0 atom stereocenters. The van der Waals surface area contributed by atoms with Crippen molar-refractivity contribution in [2.24, 2.45) is 0 Å². The van der Waals surface area contributed by atoms with E-state index in [0.29, 0.717) is 25.4 Å². The molecule has 0 fully saturated rings. The Morgan fingerprint density at radius 2 is 1.80 bits per heavy atom. The summed E-state index contributed by atoms with van der Waals surface area (Å²) in [5, 5.41) is 0. The third-order valence-corrected chi connectivity index (χ3v) is 2.98. The Bertz CT molecular complexity index is 416. The van der Waals surface area contributed by atoms with E-state index in [1.54, 1.807) is 20.3 Å². The van der Waals surface area contributed by atoms with Gasteiger partial charge in [-0.2, -0.15) is 0 Å². The van der Waals surface area contributed by atoms with Crippen LogP contribution >= 0.6 is 0 Å². The summed E-state index contributed by atoms with van der Waals surface area (Å²) in [6.07, 6.45) is 0.847. The molecule has 2 N–H and O–H groups in total. The lowest BCUT2D eigenvalue weighted by atomic mass is 10.2. The molecule has 6 heteroatoms. The second-order valence-corrected chi connectivity index (χ2v) is 4.37. The monoisotopic (exact) mass is 286 g/mol. The number of rotatable bonds is 9. The van der Waals surface area contributed by atoms with Gasteiger partial charge < -0.3 is 24.8 Å². The maximum absolute atomic E-state index is 13.6. The van der Waals surface area contributed by atoms with Gasteiger partial charge in [-0.25, -0.2) is 4.39 Å². The quantitative estimate of drug-likeness (QED) is 0.555. The fourth-order valence-electron chi connectivity index (χ4n) is 1.94. The normalized spacial score (nSPS) is 10.6. The number of ether oxygens (including phenoxy) is 3. The lowest BCUT2D eigenvalue weighted by Gasteiger charge is -2.26. The van der Waals surface area contributed by atoms with Gasteiger partial charge in [-0.1, -0.05) is 0 Å². The average molecular weight is 286 g/mol. The molecule has 0 aromatic heterocycles. The molecular formula is C14H23FN2O3. The number of nitrogens with zero attached hydrogens (tertiary/aromatic N) is 1. The molecule has 5 nitrogen and oxygen atoms in total. The van der Waals surface area contributed by atoms with Crippen molar-refractivity contribution in [2.75, 3.05) is 58.3 Å². The predicted octanol–water partition coefficient (Wildman–Crippen LogP) is 1.91. The Morgan fingerprint density at radius 3 is 2.40 bits per heavy atom. The Balaban J connectivity index is 2.92. The van der Waals surface area contributed by atoms with E-state index < -0.39 is 5.82 Å². The molecule has 1 aromatic rings. The van der Waals surface area contributed by atoms with E-state index in [1.807, 2.05) is 4.90 Å². The summed E-state index contributed by atoms with van der Waals surface area (Å²) in [5.74, 6) is -0.277. The largest absolute Gasteiger partial charge is 0.494 e. The van der Waals surface area contributed by atoms with Crippen LogP contribution in [0.5, 0.6) is 5.75 Å². The van der Waals surface area contributed by atoms with Crippen LogP contribution in [0.15, 0.2) is 12.1 Å². The van der Waals surface area contributed by atoms with E-state index in [-0.39, 0.29) is 5.75 Å². The summed E-state index contributed by atoms with van der Waals surface area (Å²) in [6.45, 7) is 2.63. The van der Waals surface area contributed by atoms with Gasteiger partial charge in [0.05, 0.1) is 25.1 Å². The third kappa shape index (κ3) is 4.54. The van der Waals surface area contributed by atoms with Crippen molar-refractivity contribution in [3.8, 4) is 5.75 Å². The summed E-state index contributed by atoms with van der Waals surface area (Å²) in [5.41, 5.74) is 7.05. The van der Waals surface area contributed by atoms with E-state index >= 15 is 0 Å². The fourth-order valence-corrected chi connectivity index (χ4v) is 1.94. The number of benzene rings is 1. The number of hydrogen-bond donors (Lipinski definition) is 1. The molecular weight excluding hydrogens is 263 g/mol. The van der Waals surface area contributed by atoms with Gasteiger partial charge in [0, 0.05) is 46.0 Å². The molecule has 0 aliphatic rings. The molecule has 1 aromatic carbocycles. The summed E-state index contributed by atoms with van der Waals surface area (Å²) < 4.78 is 28.7. The minimum atomic E-state index is -0.461. The smallest absolute Gasteiger partial charge is 0.167 e. The molecule has 0 aliphatic carbocycles. The first-order valence-corrected chi connectivity index (χ1v) is 6.49. The van der Waals surface area contributed by atoms with Crippen molar-refractivity contribution >= 4 is 11.4 Å². The van der Waals surface area contributed by atoms with Crippen LogP contribution < -0.4 is 15.4 Å². The Morgan fingerprint density at radius 1 is 1.10 bits per heavy atom. The number of hydrogen-bond acceptors (Lipinski definition) is 5. The number of methoxy groups -OCH3 is 3. The fraction of sp³-hybridized carbons (Fsp3) is 0.571. The van der Waals surface area contributed by atoms with Crippen LogP contribution in [-0.4, -0.2) is 47.6 Å². The summed E-state index contributed by atoms with van der Waals surface area (Å²) >= 11 is 0. The molecule has 0 amide bonds. The maximum Gasteiger partial charge on any atom is 0.167 e. The van der Waals surface area contributed by atoms with Crippen molar-refractivity contribution in [1.82, 2.24) is 0 Å². The van der Waals surface area contributed by atoms with Gasteiger partial charge >= 0.3 is 0 Å². The van der Waals surface area contributed by atoms with Crippen LogP contribution in [0.25, 0.3) is 0 Å². The van der Waals surface area contributed by atoms with Gasteiger partial charge in [0.25, 0.3) is 0 Å². The van der Waals surface area contributed by atoms with Crippen LogP contribution in [-0.2, 0) is 9.47 Å². The van der Waals surface area contributed by atoms with E-state index in [9.17, 15) is 4.39 Å². The molecule has 0 bridgehead atoms. The summed E-state index contributed by atoms with van der Waals surface area (Å²) in [6, 6.07) is 2.90. The first kappa shape index (κ1) is 16.5. The van der Waals surface area contributed by atoms with Gasteiger partial charge in [-0.15, -0.1) is 0 Å². The standard InChI is InChI=1S/C14H23FN2O3/c1-18-7-4-5-17(6-8-19-2)13-10-14(20-3)11(15)9-12(13)16/h9-10H,4-8,16H2,1-3H3. The minimum absolute atomic E-state index is 0.184. The van der Waals surface area contributed by atoms with Crippen molar-refractivity contribution in [3.05, 3.63) is 17.9 Å². The molecule has 0 radical (unpaired) electrons. The molecule has 0 heterocycles. The van der Waals surface area contributed by atoms with Crippen LogP contribution in [0.1, 0.15) is 6.42 Å². The Labute approximate surface area is 119 Å². The molecule has 0 saturated carbocycles. The number of nitrogens with two attached hydrogens (primary N) is 1. The molecule has 114 valence electrons. The third-order valence-electron chi connectivity index (χ3n) is 2.98. The van der Waals surface area contributed by atoms with Crippen LogP contribution in [0.3, 0.4) is 0 Å². The molecule has 0 spiro atoms. The van der Waals surface area contributed by atoms with Gasteiger partial charge in [0.1, 0.15) is 0 Å². The van der Waals surface area contributed by atoms with Crippen LogP contribution in [0, 0.1) is 5.82 Å². The van der Waals surface area contributed by atoms with Gasteiger partial charge in [0.2, 0.25) is 0 Å². The molecule has 0 saturated heterocycles. The van der Waals surface area contributed by atoms with Gasteiger partial charge in [0.15, 0.2) is 11.6 Å². The second kappa shape index (κ2) is 8.60. The van der Waals surface area contributed by atoms with E-state index in [2.05, 4.69) is 0 Å². The SMILES string of the molecule is COCCCN(CCOC)c1cc(OC)c(F)cc1N. The zero-order chi connectivity index (χ0) is 15.0. The first-order chi connectivity index (χ1) is 9.63. The highest BCUT2D eigenvalue weighted by atomic mass is 19.1. The van der Waals surface area contributed by atoms with Crippen molar-refractivity contribution < 1.29 is 18.6 Å². The second-order valence-electron chi connectivity index (χ2n) is 4.37. The number of anilines is 2. The minimum Gasteiger partial charge on any atom is -0.494 e. The van der Waals surface area contributed by atoms with Gasteiger partial charge in [-0.05, 0) is 6.42 Å². The number of nitrogen functional groups attached to an aromatic ring is 1. The van der Waals surface area contributed by atoms with Crippen molar-refractivity contribution in [3.63, 3.8) is 0 Å². The Hall–Kier alpha value is -1.53. The zero-order valence-electron chi connectivity index (χ0n) is 12.3. The Kier molecular flexibility index (Phi) is 7.11. The number of halogens is 1. The van der Waals surface area contributed by atoms with Crippen molar-refractivity contribution in [2.45, 2.75) is 6.42 Å². The zero-order valence-corrected chi connectivity index (χ0v) is 12.3. The van der Waals surface area contributed by atoms with E-state index in [0.717, 1.165) is 18.7 Å². The highest BCUT2D eigenvalue weighted by molar-refractivity contribution is 5.70. The highest BCUT2D eigenvalue weighted by Gasteiger charge is 2.14. The topological polar surface area (TPSA) is 57.0 Å². The molecule has 1 rings (SSSR count). The summed E-state index contributed by atoms with van der Waals surface area (Å²) in [7, 11) is 4.74. The van der Waals surface area contributed by atoms with Crippen LogP contribution in [0.2, 0.25) is 0 Å².